The first-order chi connectivity index (χ1) is 9.76. The molecule has 0 bridgehead atoms. The normalized spacial score (nSPS) is 11.9. The van der Waals surface area contributed by atoms with Gasteiger partial charge in [0.1, 0.15) is 24.6 Å². The molecule has 0 saturated heterocycles. The van der Waals surface area contributed by atoms with Crippen LogP contribution in [0.5, 0.6) is 0 Å². The van der Waals surface area contributed by atoms with Gasteiger partial charge in [-0.05, 0) is 52.7 Å². The molecule has 2 aromatic rings. The van der Waals surface area contributed by atoms with Crippen LogP contribution in [0.15, 0.2) is 30.9 Å². The second kappa shape index (κ2) is 6.02. The van der Waals surface area contributed by atoms with Gasteiger partial charge in [-0.15, -0.1) is 0 Å². The van der Waals surface area contributed by atoms with Crippen molar-refractivity contribution >= 4 is 0 Å². The van der Waals surface area contributed by atoms with E-state index in [9.17, 15) is 0 Å². The van der Waals surface area contributed by atoms with Crippen molar-refractivity contribution in [3.63, 3.8) is 0 Å². The Hall–Kier alpha value is -1.61. The summed E-state index contributed by atoms with van der Waals surface area (Å²) in [4.78, 5) is 0. The number of imidazole rings is 1. The van der Waals surface area contributed by atoms with Crippen molar-refractivity contribution in [2.75, 3.05) is 6.54 Å². The number of rotatable bonds is 4. The Morgan fingerprint density at radius 3 is 2.29 bits per heavy atom. The van der Waals surface area contributed by atoms with Crippen molar-refractivity contribution < 1.29 is 4.57 Å². The fraction of sp³-hybridized carbons (Fsp3) is 0.500. The highest BCUT2D eigenvalue weighted by Crippen LogP contribution is 2.20. The predicted molar refractivity (Wildman–Crippen MR) is 87.9 cm³/mol. The van der Waals surface area contributed by atoms with Crippen LogP contribution >= 0.6 is 0 Å². The van der Waals surface area contributed by atoms with Crippen LogP contribution in [-0.4, -0.2) is 16.7 Å². The second-order valence-electron chi connectivity index (χ2n) is 6.98. The number of nitrogens with one attached hydrogen (secondary N) is 1. The monoisotopic (exact) mass is 286 g/mol. The molecule has 0 aliphatic carbocycles. The summed E-state index contributed by atoms with van der Waals surface area (Å²) in [5, 5.41) is 3.52. The van der Waals surface area contributed by atoms with E-state index in [1.165, 1.54) is 22.4 Å². The Bertz CT molecular complexity index is 595. The molecular formula is C18H28N3+. The molecule has 0 atom stereocenters. The fourth-order valence-corrected chi connectivity index (χ4v) is 2.80. The Labute approximate surface area is 128 Å². The Morgan fingerprint density at radius 2 is 1.71 bits per heavy atom. The van der Waals surface area contributed by atoms with Gasteiger partial charge in [-0.1, -0.05) is 17.7 Å². The van der Waals surface area contributed by atoms with Crippen LogP contribution in [0.25, 0.3) is 5.69 Å². The van der Waals surface area contributed by atoms with Crippen LogP contribution in [0.1, 0.15) is 37.5 Å². The molecule has 1 aromatic carbocycles. The largest absolute Gasteiger partial charge is 0.308 e. The molecule has 1 aromatic heterocycles. The van der Waals surface area contributed by atoms with Gasteiger partial charge in [-0.25, -0.2) is 9.13 Å². The smallest absolute Gasteiger partial charge is 0.249 e. The van der Waals surface area contributed by atoms with Crippen LogP contribution in [0.3, 0.4) is 0 Å². The van der Waals surface area contributed by atoms with Gasteiger partial charge < -0.3 is 5.32 Å². The van der Waals surface area contributed by atoms with Crippen molar-refractivity contribution in [3.8, 4) is 5.69 Å². The zero-order valence-corrected chi connectivity index (χ0v) is 14.2. The maximum atomic E-state index is 3.52. The molecule has 1 heterocycles. The minimum absolute atomic E-state index is 0.174. The number of hydrogen-bond acceptors (Lipinski definition) is 1. The third kappa shape index (κ3) is 4.18. The lowest BCUT2D eigenvalue weighted by Gasteiger charge is -2.19. The summed E-state index contributed by atoms with van der Waals surface area (Å²) in [5.41, 5.74) is 5.44. The molecule has 0 aliphatic heterocycles. The first-order valence-corrected chi connectivity index (χ1v) is 7.66. The highest BCUT2D eigenvalue weighted by molar-refractivity contribution is 5.48. The first-order valence-electron chi connectivity index (χ1n) is 7.66. The molecule has 3 heteroatoms. The second-order valence-corrected chi connectivity index (χ2v) is 6.98. The van der Waals surface area contributed by atoms with Gasteiger partial charge in [-0.3, -0.25) is 0 Å². The van der Waals surface area contributed by atoms with E-state index in [1.54, 1.807) is 0 Å². The van der Waals surface area contributed by atoms with E-state index in [0.29, 0.717) is 0 Å². The topological polar surface area (TPSA) is 20.8 Å². The van der Waals surface area contributed by atoms with Crippen molar-refractivity contribution in [3.05, 3.63) is 47.5 Å². The zero-order chi connectivity index (χ0) is 15.6. The number of hydrogen-bond donors (Lipinski definition) is 1. The van der Waals surface area contributed by atoms with Crippen LogP contribution in [0.2, 0.25) is 0 Å². The molecule has 0 unspecified atom stereocenters. The minimum atomic E-state index is 0.174. The highest BCUT2D eigenvalue weighted by Gasteiger charge is 2.13. The van der Waals surface area contributed by atoms with E-state index in [1.807, 2.05) is 0 Å². The van der Waals surface area contributed by atoms with E-state index in [0.717, 1.165) is 13.1 Å². The van der Waals surface area contributed by atoms with Crippen LogP contribution in [-0.2, 0) is 6.54 Å². The van der Waals surface area contributed by atoms with E-state index >= 15 is 0 Å². The molecule has 3 nitrogen and oxygen atoms in total. The summed E-state index contributed by atoms with van der Waals surface area (Å²) >= 11 is 0. The molecule has 0 fully saturated rings. The summed E-state index contributed by atoms with van der Waals surface area (Å²) in [6.07, 6.45) is 6.46. The highest BCUT2D eigenvalue weighted by atomic mass is 15.1. The van der Waals surface area contributed by atoms with Crippen molar-refractivity contribution in [1.29, 1.82) is 0 Å². The Morgan fingerprint density at radius 1 is 1.10 bits per heavy atom. The summed E-state index contributed by atoms with van der Waals surface area (Å²) in [6.45, 7) is 15.1. The molecule has 0 radical (unpaired) electrons. The Kier molecular flexibility index (Phi) is 4.52. The molecule has 1 N–H and O–H groups in total. The van der Waals surface area contributed by atoms with E-state index in [4.69, 9.17) is 0 Å². The van der Waals surface area contributed by atoms with Gasteiger partial charge in [-0.2, -0.15) is 0 Å². The van der Waals surface area contributed by atoms with Gasteiger partial charge in [0.15, 0.2) is 0 Å². The lowest BCUT2D eigenvalue weighted by molar-refractivity contribution is -0.694. The summed E-state index contributed by atoms with van der Waals surface area (Å²) < 4.78 is 4.46. The van der Waals surface area contributed by atoms with Crippen LogP contribution in [0, 0.1) is 20.8 Å². The van der Waals surface area contributed by atoms with Gasteiger partial charge in [0.05, 0.1) is 0 Å². The predicted octanol–water partition coefficient (Wildman–Crippen LogP) is 3.08. The number of aryl methyl sites for hydroxylation is 3. The van der Waals surface area contributed by atoms with Crippen molar-refractivity contribution in [2.24, 2.45) is 0 Å². The maximum Gasteiger partial charge on any atom is 0.249 e. The lowest BCUT2D eigenvalue weighted by atomic mass is 10.1. The molecule has 21 heavy (non-hydrogen) atoms. The van der Waals surface area contributed by atoms with Gasteiger partial charge in [0, 0.05) is 12.1 Å². The van der Waals surface area contributed by atoms with Crippen molar-refractivity contribution in [2.45, 2.75) is 53.6 Å². The van der Waals surface area contributed by atoms with E-state index < -0.39 is 0 Å². The minimum Gasteiger partial charge on any atom is -0.308 e. The fourth-order valence-electron chi connectivity index (χ4n) is 2.80. The lowest BCUT2D eigenvalue weighted by Crippen LogP contribution is -2.43. The Balaban J connectivity index is 2.13. The van der Waals surface area contributed by atoms with Gasteiger partial charge in [0.25, 0.3) is 0 Å². The average Bonchev–Trinajstić information content (AvgIpc) is 2.74. The molecule has 0 aliphatic rings. The standard InChI is InChI=1S/C18H28N3/c1-14-11-15(2)17(16(3)12-14)21-10-9-20(13-21)8-7-19-18(4,5)6/h9-13,19H,7-8H2,1-6H3/q+1. The number of aromatic nitrogens is 2. The molecule has 0 saturated carbocycles. The third-order valence-electron chi connectivity index (χ3n) is 3.61. The molecule has 0 spiro atoms. The van der Waals surface area contributed by atoms with Crippen LogP contribution < -0.4 is 9.88 Å². The zero-order valence-electron chi connectivity index (χ0n) is 14.2. The molecule has 114 valence electrons. The summed E-state index contributed by atoms with van der Waals surface area (Å²) in [6, 6.07) is 4.49. The van der Waals surface area contributed by atoms with E-state index in [2.05, 4.69) is 86.8 Å². The van der Waals surface area contributed by atoms with Gasteiger partial charge >= 0.3 is 0 Å². The summed E-state index contributed by atoms with van der Waals surface area (Å²) in [7, 11) is 0. The number of nitrogens with zero attached hydrogens (tertiary/aromatic N) is 2. The molecular weight excluding hydrogens is 258 g/mol. The summed E-state index contributed by atoms with van der Waals surface area (Å²) in [5.74, 6) is 0. The maximum absolute atomic E-state index is 3.52. The SMILES string of the molecule is Cc1cc(C)c(-n2cc[n+](CCNC(C)(C)C)c2)c(C)c1. The van der Waals surface area contributed by atoms with E-state index in [-0.39, 0.29) is 5.54 Å². The molecule has 0 amide bonds. The first kappa shape index (κ1) is 15.8. The quantitative estimate of drug-likeness (QED) is 0.857. The van der Waals surface area contributed by atoms with Crippen LogP contribution in [0.4, 0.5) is 0 Å². The van der Waals surface area contributed by atoms with Crippen molar-refractivity contribution in [1.82, 2.24) is 9.88 Å². The third-order valence-corrected chi connectivity index (χ3v) is 3.61. The molecule has 2 rings (SSSR count). The average molecular weight is 286 g/mol. The van der Waals surface area contributed by atoms with Gasteiger partial charge in [0.2, 0.25) is 6.33 Å². The number of benzene rings is 1.